The third kappa shape index (κ3) is 8.74. The van der Waals surface area contributed by atoms with Gasteiger partial charge in [0.1, 0.15) is 29.5 Å². The van der Waals surface area contributed by atoms with Crippen LogP contribution in [-0.4, -0.2) is 81.8 Å². The van der Waals surface area contributed by atoms with Crippen LogP contribution in [0.4, 0.5) is 5.69 Å². The number of halogens is 1. The molecule has 15 heteroatoms. The van der Waals surface area contributed by atoms with Crippen LogP contribution in [0.1, 0.15) is 100 Å². The lowest BCUT2D eigenvalue weighted by Crippen LogP contribution is -2.74. The number of nitrogens with one attached hydrogen (secondary N) is 2. The van der Waals surface area contributed by atoms with E-state index >= 15 is 0 Å². The van der Waals surface area contributed by atoms with Gasteiger partial charge in [-0.3, -0.25) is 29.3 Å². The number of amides is 4. The number of hydrogen-bond donors (Lipinski definition) is 2. The van der Waals surface area contributed by atoms with E-state index in [-0.39, 0.29) is 59.5 Å². The fourth-order valence-corrected chi connectivity index (χ4v) is 10.4. The maximum absolute atomic E-state index is 13.6. The van der Waals surface area contributed by atoms with Gasteiger partial charge in [-0.25, -0.2) is 0 Å². The molecule has 63 heavy (non-hydrogen) atoms. The molecule has 1 aliphatic carbocycles. The smallest absolute Gasteiger partial charge is 0.278 e. The lowest BCUT2D eigenvalue weighted by atomic mass is 9.49. The molecule has 326 valence electrons. The molecule has 2 N–H and O–H groups in total. The number of imide groups is 1. The molecular formula is C48H51ClN8O6. The number of hydrogen-bond acceptors (Lipinski definition) is 10. The summed E-state index contributed by atoms with van der Waals surface area (Å²) in [6, 6.07) is 18.9. The van der Waals surface area contributed by atoms with Crippen LogP contribution in [-0.2, 0) is 14.4 Å². The molecule has 14 nitrogen and oxygen atoms in total. The van der Waals surface area contributed by atoms with E-state index in [2.05, 4.69) is 71.5 Å². The largest absolute Gasteiger partial charge is 0.489 e. The number of piperidine rings is 3. The Morgan fingerprint density at radius 1 is 0.921 bits per heavy atom. The number of anilines is 1. The number of carbonyl (C=O) groups is 4. The number of aromatic nitrogens is 3. The van der Waals surface area contributed by atoms with Crippen molar-refractivity contribution in [2.75, 3.05) is 31.1 Å². The first-order valence-corrected chi connectivity index (χ1v) is 22.0. The summed E-state index contributed by atoms with van der Waals surface area (Å²) < 4.78 is 7.43. The Hall–Kier alpha value is -6.25. The van der Waals surface area contributed by atoms with Gasteiger partial charge < -0.3 is 19.9 Å². The van der Waals surface area contributed by atoms with Gasteiger partial charge in [0.2, 0.25) is 11.8 Å². The van der Waals surface area contributed by atoms with E-state index in [9.17, 15) is 29.2 Å². The number of likely N-dealkylation sites (tertiary alicyclic amines) is 1. The van der Waals surface area contributed by atoms with E-state index in [4.69, 9.17) is 16.3 Å². The molecule has 8 rings (SSSR count). The fourth-order valence-electron chi connectivity index (χ4n) is 10.2. The van der Waals surface area contributed by atoms with Crippen molar-refractivity contribution >= 4 is 51.8 Å². The first-order valence-electron chi connectivity index (χ1n) is 21.7. The van der Waals surface area contributed by atoms with E-state index in [1.165, 1.54) is 0 Å². The normalized spacial score (nSPS) is 22.3. The standard InChI is InChI=1S/C48H51ClN8O6/c1-47(2)45(48(3,4)46(47)63-35-14-12-33(28-50)37(49)27-35)52-41(59)31-10-8-29(9-11-31)6-5-7-30-18-22-56(23-19-30)43(61)32-20-24-55(25-21-32)34-13-15-38-36(26-34)44(62)57(54-53-38)39-16-17-40(58)51-42(39)60/h8-15,26-27,30,32,39,45-46H,7,16-25H2,1-4H3,(H,52,59)(H,51,58,60). The molecular weight excluding hydrogens is 820 g/mol. The summed E-state index contributed by atoms with van der Waals surface area (Å²) in [5.74, 6) is 6.65. The van der Waals surface area contributed by atoms with Crippen molar-refractivity contribution in [2.45, 2.75) is 90.8 Å². The van der Waals surface area contributed by atoms with Gasteiger partial charge in [0.05, 0.1) is 16.0 Å². The summed E-state index contributed by atoms with van der Waals surface area (Å²) in [4.78, 5) is 68.6. The van der Waals surface area contributed by atoms with Gasteiger partial charge >= 0.3 is 0 Å². The lowest BCUT2D eigenvalue weighted by molar-refractivity contribution is -0.164. The number of nitrogens with zero attached hydrogens (tertiary/aromatic N) is 6. The van der Waals surface area contributed by atoms with E-state index in [0.717, 1.165) is 35.2 Å². The van der Waals surface area contributed by atoms with Crippen LogP contribution >= 0.6 is 11.6 Å². The van der Waals surface area contributed by atoms with Gasteiger partial charge in [0.25, 0.3) is 17.4 Å². The average Bonchev–Trinajstić information content (AvgIpc) is 3.28. The first-order chi connectivity index (χ1) is 30.1. The molecule has 0 radical (unpaired) electrons. The predicted octanol–water partition coefficient (Wildman–Crippen LogP) is 5.80. The summed E-state index contributed by atoms with van der Waals surface area (Å²) in [6.45, 7) is 11.1. The van der Waals surface area contributed by atoms with Crippen LogP contribution in [0, 0.1) is 45.8 Å². The van der Waals surface area contributed by atoms with Gasteiger partial charge in [-0.05, 0) is 92.6 Å². The Morgan fingerprint density at radius 2 is 1.63 bits per heavy atom. The third-order valence-electron chi connectivity index (χ3n) is 13.5. The van der Waals surface area contributed by atoms with Gasteiger partial charge in [-0.2, -0.15) is 9.94 Å². The zero-order valence-electron chi connectivity index (χ0n) is 35.9. The first kappa shape index (κ1) is 43.4. The van der Waals surface area contributed by atoms with Crippen molar-refractivity contribution in [3.8, 4) is 23.7 Å². The second kappa shape index (κ2) is 17.5. The second-order valence-electron chi connectivity index (χ2n) is 18.4. The molecule has 3 aliphatic heterocycles. The maximum atomic E-state index is 13.6. The minimum atomic E-state index is -0.886. The quantitative estimate of drug-likeness (QED) is 0.162. The molecule has 0 bridgehead atoms. The van der Waals surface area contributed by atoms with Crippen LogP contribution in [0.5, 0.6) is 5.75 Å². The highest BCUT2D eigenvalue weighted by molar-refractivity contribution is 6.31. The molecule has 4 aromatic rings. The summed E-state index contributed by atoms with van der Waals surface area (Å²) in [5, 5.41) is 23.6. The maximum Gasteiger partial charge on any atom is 0.278 e. The van der Waals surface area contributed by atoms with Gasteiger partial charge in [0, 0.05) is 84.7 Å². The topological polar surface area (TPSA) is 180 Å². The molecule has 1 aromatic heterocycles. The highest BCUT2D eigenvalue weighted by Crippen LogP contribution is 2.55. The molecule has 4 heterocycles. The zero-order chi connectivity index (χ0) is 44.6. The third-order valence-corrected chi connectivity index (χ3v) is 13.8. The Labute approximate surface area is 371 Å². The summed E-state index contributed by atoms with van der Waals surface area (Å²) >= 11 is 6.24. The molecule has 3 saturated heterocycles. The van der Waals surface area contributed by atoms with Crippen LogP contribution in [0.3, 0.4) is 0 Å². The van der Waals surface area contributed by atoms with Crippen LogP contribution in [0.15, 0.2) is 65.5 Å². The summed E-state index contributed by atoms with van der Waals surface area (Å²) in [7, 11) is 0. The van der Waals surface area contributed by atoms with Gasteiger partial charge in [0.15, 0.2) is 0 Å². The minimum absolute atomic E-state index is 0.0588. The second-order valence-corrected chi connectivity index (χ2v) is 18.8. The van der Waals surface area contributed by atoms with Crippen molar-refractivity contribution in [3.05, 3.63) is 92.7 Å². The number of ether oxygens (including phenoxy) is 1. The number of benzene rings is 3. The number of nitriles is 1. The van der Waals surface area contributed by atoms with Crippen LogP contribution in [0.2, 0.25) is 5.02 Å². The lowest BCUT2D eigenvalue weighted by Gasteiger charge is -2.63. The zero-order valence-corrected chi connectivity index (χ0v) is 36.7. The van der Waals surface area contributed by atoms with Crippen molar-refractivity contribution in [2.24, 2.45) is 22.7 Å². The monoisotopic (exact) mass is 870 g/mol. The Kier molecular flexibility index (Phi) is 12.0. The summed E-state index contributed by atoms with van der Waals surface area (Å²) in [5.41, 5.74) is 1.89. The summed E-state index contributed by atoms with van der Waals surface area (Å²) in [6.07, 6.45) is 4.08. The molecule has 3 aromatic carbocycles. The average molecular weight is 871 g/mol. The molecule has 1 unspecified atom stereocenters. The highest BCUT2D eigenvalue weighted by atomic mass is 35.5. The van der Waals surface area contributed by atoms with Crippen molar-refractivity contribution in [1.82, 2.24) is 30.5 Å². The van der Waals surface area contributed by atoms with Crippen molar-refractivity contribution in [3.63, 3.8) is 0 Å². The Morgan fingerprint density at radius 3 is 2.30 bits per heavy atom. The number of rotatable bonds is 8. The van der Waals surface area contributed by atoms with E-state index in [1.807, 2.05) is 23.1 Å². The Bertz CT molecular complexity index is 2610. The van der Waals surface area contributed by atoms with Crippen molar-refractivity contribution in [1.29, 1.82) is 5.26 Å². The highest BCUT2D eigenvalue weighted by Gasteiger charge is 2.64. The SMILES string of the molecule is CC1(C)C(NC(=O)c2ccc(C#CCC3CCN(C(=O)C4CCN(c5ccc6nnn(C7CCC(=O)NC7=O)c(=O)c6c5)CC4)CC3)cc2)C(C)(C)C1Oc1ccc(C#N)c(Cl)c1. The van der Waals surface area contributed by atoms with E-state index < -0.39 is 17.5 Å². The minimum Gasteiger partial charge on any atom is -0.489 e. The molecule has 4 aliphatic rings. The fraction of sp³-hybridized carbons (Fsp3) is 0.458. The predicted molar refractivity (Wildman–Crippen MR) is 237 cm³/mol. The molecule has 4 fully saturated rings. The van der Waals surface area contributed by atoms with Crippen molar-refractivity contribution < 1.29 is 23.9 Å². The van der Waals surface area contributed by atoms with Gasteiger partial charge in [-0.1, -0.05) is 56.4 Å². The van der Waals surface area contributed by atoms with Gasteiger partial charge in [-0.15, -0.1) is 5.10 Å². The van der Waals surface area contributed by atoms with Crippen LogP contribution in [0.25, 0.3) is 10.9 Å². The van der Waals surface area contributed by atoms with Crippen LogP contribution < -0.4 is 25.8 Å². The molecule has 1 saturated carbocycles. The molecule has 1 atom stereocenters. The molecule has 0 spiro atoms. The number of fused-ring (bicyclic) bond motifs is 1. The van der Waals surface area contributed by atoms with E-state index in [0.29, 0.717) is 77.7 Å². The van der Waals surface area contributed by atoms with E-state index in [1.54, 1.807) is 42.5 Å². The Balaban J connectivity index is 0.781. The number of carbonyl (C=O) groups excluding carboxylic acids is 4. The molecule has 4 amide bonds.